The largest absolute Gasteiger partial charge is 0.309 e. The Morgan fingerprint density at radius 1 is 0.833 bits per heavy atom. The molecular formula is C24H19N5O. The lowest BCUT2D eigenvalue weighted by Gasteiger charge is -2.08. The zero-order valence-electron chi connectivity index (χ0n) is 16.4. The summed E-state index contributed by atoms with van der Waals surface area (Å²) < 4.78 is 0. The molecule has 0 fully saturated rings. The summed E-state index contributed by atoms with van der Waals surface area (Å²) in [4.78, 5) is 25.8. The van der Waals surface area contributed by atoms with Crippen molar-refractivity contribution in [3.05, 3.63) is 103 Å². The highest BCUT2D eigenvalue weighted by molar-refractivity contribution is 6.00. The maximum Gasteiger partial charge on any atom is 0.309 e. The van der Waals surface area contributed by atoms with Gasteiger partial charge in [-0.25, -0.2) is 15.4 Å². The van der Waals surface area contributed by atoms with Gasteiger partial charge in [-0.3, -0.25) is 9.78 Å². The molecule has 0 unspecified atom stereocenters. The van der Waals surface area contributed by atoms with Gasteiger partial charge in [-0.05, 0) is 19.1 Å². The number of nitrogens with one attached hydrogen (secondary N) is 1. The average molecular weight is 393 g/mol. The minimum absolute atomic E-state index is 0.0537. The molecule has 1 N–H and O–H groups in total. The predicted molar refractivity (Wildman–Crippen MR) is 117 cm³/mol. The number of carbonyl (C=O) groups excluding carboxylic acids is 1. The Labute approximate surface area is 174 Å². The molecule has 2 heterocycles. The Morgan fingerprint density at radius 3 is 1.97 bits per heavy atom. The summed E-state index contributed by atoms with van der Waals surface area (Å²) in [5, 5.41) is 4.17. The second-order valence-electron chi connectivity index (χ2n) is 6.57. The van der Waals surface area contributed by atoms with Crippen molar-refractivity contribution in [2.24, 2.45) is 5.10 Å². The highest BCUT2D eigenvalue weighted by atomic mass is 16.2. The Bertz CT molecular complexity index is 1120. The van der Waals surface area contributed by atoms with Gasteiger partial charge in [0, 0.05) is 29.1 Å². The maximum atomic E-state index is 12.8. The monoisotopic (exact) mass is 393 g/mol. The summed E-state index contributed by atoms with van der Waals surface area (Å²) in [6.07, 6.45) is 3.37. The number of carbonyl (C=O) groups is 1. The Hall–Kier alpha value is -4.19. The third-order valence-electron chi connectivity index (χ3n) is 4.47. The standard InChI is InChI=1S/C24H19N5O/c1-17(20-13-8-14-25-16-20)28-29-24(30)23-26-21(18-9-4-2-5-10-18)15-22(27-23)19-11-6-3-7-12-19/h2-16H,1H3,(H,29,30)/b28-17+. The van der Waals surface area contributed by atoms with Gasteiger partial charge in [0.1, 0.15) is 0 Å². The topological polar surface area (TPSA) is 80.1 Å². The molecule has 4 rings (SSSR count). The average Bonchev–Trinajstić information content (AvgIpc) is 2.83. The second-order valence-corrected chi connectivity index (χ2v) is 6.57. The first-order valence-electron chi connectivity index (χ1n) is 9.45. The minimum atomic E-state index is -0.479. The lowest BCUT2D eigenvalue weighted by Crippen LogP contribution is -2.22. The molecule has 30 heavy (non-hydrogen) atoms. The molecule has 0 saturated heterocycles. The molecule has 0 aliphatic carbocycles. The Morgan fingerprint density at radius 2 is 1.43 bits per heavy atom. The van der Waals surface area contributed by atoms with Crippen molar-refractivity contribution in [1.29, 1.82) is 0 Å². The molecular weight excluding hydrogens is 374 g/mol. The number of rotatable bonds is 5. The van der Waals surface area contributed by atoms with Gasteiger partial charge in [0.25, 0.3) is 0 Å². The summed E-state index contributed by atoms with van der Waals surface area (Å²) in [5.74, 6) is -0.425. The first-order valence-corrected chi connectivity index (χ1v) is 9.45. The van der Waals surface area contributed by atoms with Gasteiger partial charge in [-0.2, -0.15) is 5.10 Å². The number of nitrogens with zero attached hydrogens (tertiary/aromatic N) is 4. The van der Waals surface area contributed by atoms with Crippen LogP contribution in [0.2, 0.25) is 0 Å². The van der Waals surface area contributed by atoms with Crippen molar-refractivity contribution in [1.82, 2.24) is 20.4 Å². The van der Waals surface area contributed by atoms with Crippen LogP contribution in [0, 0.1) is 0 Å². The van der Waals surface area contributed by atoms with Crippen molar-refractivity contribution in [3.63, 3.8) is 0 Å². The van der Waals surface area contributed by atoms with E-state index in [2.05, 4.69) is 25.5 Å². The van der Waals surface area contributed by atoms with Crippen LogP contribution in [0.25, 0.3) is 22.5 Å². The fraction of sp³-hybridized carbons (Fsp3) is 0.0417. The molecule has 0 spiro atoms. The van der Waals surface area contributed by atoms with Crippen LogP contribution >= 0.6 is 0 Å². The van der Waals surface area contributed by atoms with Gasteiger partial charge in [0.2, 0.25) is 5.82 Å². The lowest BCUT2D eigenvalue weighted by molar-refractivity contribution is 0.0944. The summed E-state index contributed by atoms with van der Waals surface area (Å²) in [5.41, 5.74) is 7.16. The van der Waals surface area contributed by atoms with E-state index >= 15 is 0 Å². The van der Waals surface area contributed by atoms with E-state index in [-0.39, 0.29) is 5.82 Å². The van der Waals surface area contributed by atoms with Crippen LogP contribution in [0.4, 0.5) is 0 Å². The highest BCUT2D eigenvalue weighted by Gasteiger charge is 2.14. The second kappa shape index (κ2) is 8.87. The number of amides is 1. The zero-order chi connectivity index (χ0) is 20.8. The highest BCUT2D eigenvalue weighted by Crippen LogP contribution is 2.23. The normalized spacial score (nSPS) is 11.2. The molecule has 0 bridgehead atoms. The van der Waals surface area contributed by atoms with Crippen LogP contribution in [-0.2, 0) is 0 Å². The first-order chi connectivity index (χ1) is 14.7. The van der Waals surface area contributed by atoms with Crippen LogP contribution in [0.15, 0.2) is 96.4 Å². The molecule has 0 radical (unpaired) electrons. The molecule has 0 atom stereocenters. The molecule has 2 aromatic heterocycles. The number of benzene rings is 2. The van der Waals surface area contributed by atoms with Crippen molar-refractivity contribution < 1.29 is 4.79 Å². The SMILES string of the molecule is C/C(=N\NC(=O)c1nc(-c2ccccc2)cc(-c2ccccc2)n1)c1cccnc1. The van der Waals surface area contributed by atoms with Crippen molar-refractivity contribution in [2.75, 3.05) is 0 Å². The molecule has 0 aliphatic heterocycles. The molecule has 2 aromatic carbocycles. The Kier molecular flexibility index (Phi) is 5.66. The quantitative estimate of drug-likeness (QED) is 0.404. The van der Waals surface area contributed by atoms with E-state index in [1.807, 2.05) is 78.9 Å². The molecule has 0 aliphatic rings. The smallest absolute Gasteiger partial charge is 0.264 e. The van der Waals surface area contributed by atoms with Gasteiger partial charge in [-0.15, -0.1) is 0 Å². The molecule has 1 amide bonds. The van der Waals surface area contributed by atoms with E-state index < -0.39 is 5.91 Å². The van der Waals surface area contributed by atoms with Crippen molar-refractivity contribution in [2.45, 2.75) is 6.92 Å². The summed E-state index contributed by atoms with van der Waals surface area (Å²) in [6.45, 7) is 1.80. The zero-order valence-corrected chi connectivity index (χ0v) is 16.4. The van der Waals surface area contributed by atoms with E-state index in [0.29, 0.717) is 17.1 Å². The molecule has 0 saturated carbocycles. The van der Waals surface area contributed by atoms with Crippen LogP contribution in [0.5, 0.6) is 0 Å². The number of hydrazone groups is 1. The molecule has 6 nitrogen and oxygen atoms in total. The van der Waals surface area contributed by atoms with Crippen LogP contribution in [0.1, 0.15) is 23.1 Å². The van der Waals surface area contributed by atoms with E-state index in [0.717, 1.165) is 16.7 Å². The van der Waals surface area contributed by atoms with Gasteiger partial charge >= 0.3 is 5.91 Å². The third kappa shape index (κ3) is 4.44. The molecule has 4 aromatic rings. The number of aromatic nitrogens is 3. The van der Waals surface area contributed by atoms with Crippen molar-refractivity contribution >= 4 is 11.6 Å². The number of hydrogen-bond donors (Lipinski definition) is 1. The minimum Gasteiger partial charge on any atom is -0.264 e. The van der Waals surface area contributed by atoms with E-state index in [1.54, 1.807) is 19.3 Å². The summed E-state index contributed by atoms with van der Waals surface area (Å²) in [7, 11) is 0. The van der Waals surface area contributed by atoms with Crippen LogP contribution in [-0.4, -0.2) is 26.6 Å². The van der Waals surface area contributed by atoms with Gasteiger partial charge in [0.05, 0.1) is 17.1 Å². The first kappa shape index (κ1) is 19.1. The maximum absolute atomic E-state index is 12.8. The predicted octanol–water partition coefficient (Wildman–Crippen LogP) is 4.36. The number of pyridine rings is 1. The fourth-order valence-electron chi connectivity index (χ4n) is 2.89. The third-order valence-corrected chi connectivity index (χ3v) is 4.47. The summed E-state index contributed by atoms with van der Waals surface area (Å²) >= 11 is 0. The van der Waals surface area contributed by atoms with E-state index in [4.69, 9.17) is 0 Å². The van der Waals surface area contributed by atoms with E-state index in [1.165, 1.54) is 0 Å². The van der Waals surface area contributed by atoms with Gasteiger partial charge in [-0.1, -0.05) is 66.7 Å². The van der Waals surface area contributed by atoms with E-state index in [9.17, 15) is 4.79 Å². The fourth-order valence-corrected chi connectivity index (χ4v) is 2.89. The van der Waals surface area contributed by atoms with Crippen molar-refractivity contribution in [3.8, 4) is 22.5 Å². The van der Waals surface area contributed by atoms with Crippen LogP contribution < -0.4 is 5.43 Å². The Balaban J connectivity index is 1.69. The summed E-state index contributed by atoms with van der Waals surface area (Å²) in [6, 6.07) is 25.0. The molecule has 146 valence electrons. The van der Waals surface area contributed by atoms with Gasteiger partial charge in [0.15, 0.2) is 0 Å². The van der Waals surface area contributed by atoms with Gasteiger partial charge < -0.3 is 0 Å². The number of hydrogen-bond acceptors (Lipinski definition) is 5. The lowest BCUT2D eigenvalue weighted by atomic mass is 10.1. The molecule has 6 heteroatoms. The van der Waals surface area contributed by atoms with Crippen LogP contribution in [0.3, 0.4) is 0 Å².